The third kappa shape index (κ3) is 4.83. The molecule has 5 heteroatoms. The molecule has 0 saturated carbocycles. The quantitative estimate of drug-likeness (QED) is 0.499. The molecule has 0 spiro atoms. The maximum atomic E-state index is 12.1. The molecule has 0 aliphatic carbocycles. The van der Waals surface area contributed by atoms with Gasteiger partial charge < -0.3 is 14.2 Å². The Morgan fingerprint density at radius 2 is 1.77 bits per heavy atom. The number of aromatic nitrogens is 1. The molecule has 2 heterocycles. The van der Waals surface area contributed by atoms with Crippen LogP contribution in [0.25, 0.3) is 10.9 Å². The highest BCUT2D eigenvalue weighted by Gasteiger charge is 2.21. The van der Waals surface area contributed by atoms with Crippen molar-refractivity contribution in [3.8, 4) is 5.75 Å². The number of hydrogen-bond donors (Lipinski definition) is 0. The lowest BCUT2D eigenvalue weighted by Gasteiger charge is -2.38. The summed E-state index contributed by atoms with van der Waals surface area (Å²) in [7, 11) is 1.66. The van der Waals surface area contributed by atoms with E-state index in [9.17, 15) is 4.79 Å². The number of carbonyl (C=O) groups is 1. The Morgan fingerprint density at radius 3 is 2.45 bits per heavy atom. The molecule has 1 aliphatic rings. The van der Waals surface area contributed by atoms with Gasteiger partial charge in [-0.25, -0.2) is 0 Å². The largest absolute Gasteiger partial charge is 0.497 e. The first-order valence-electron chi connectivity index (χ1n) is 11.3. The number of Topliss-reactive ketones (excluding diaryl/α,β-unsaturated/α-hetero) is 1. The molecule has 1 aliphatic heterocycles. The van der Waals surface area contributed by atoms with Crippen molar-refractivity contribution in [1.29, 1.82) is 0 Å². The van der Waals surface area contributed by atoms with Gasteiger partial charge in [0.25, 0.3) is 0 Å². The molecule has 1 saturated heterocycles. The summed E-state index contributed by atoms with van der Waals surface area (Å²) in [5, 5.41) is 0.982. The maximum absolute atomic E-state index is 12.1. The average Bonchev–Trinajstić information content (AvgIpc) is 3.17. The predicted molar refractivity (Wildman–Crippen MR) is 126 cm³/mol. The number of rotatable bonds is 8. The summed E-state index contributed by atoms with van der Waals surface area (Å²) in [5.41, 5.74) is 3.28. The molecule has 2 aromatic carbocycles. The molecule has 0 radical (unpaired) electrons. The highest BCUT2D eigenvalue weighted by molar-refractivity contribution is 6.07. The Morgan fingerprint density at radius 1 is 1.03 bits per heavy atom. The molecule has 3 aromatic rings. The first-order chi connectivity index (χ1) is 15.1. The number of fused-ring (bicyclic) bond motifs is 1. The third-order valence-corrected chi connectivity index (χ3v) is 6.58. The fraction of sp³-hybridized carbons (Fsp3) is 0.423. The molecule has 0 N–H and O–H groups in total. The Kier molecular flexibility index (Phi) is 6.73. The van der Waals surface area contributed by atoms with Gasteiger partial charge >= 0.3 is 0 Å². The van der Waals surface area contributed by atoms with E-state index in [-0.39, 0.29) is 5.78 Å². The zero-order valence-corrected chi connectivity index (χ0v) is 18.9. The minimum Gasteiger partial charge on any atom is -0.497 e. The Balaban J connectivity index is 1.32. The monoisotopic (exact) mass is 419 g/mol. The molecular weight excluding hydrogens is 386 g/mol. The number of nitrogens with zero attached hydrogens (tertiary/aromatic N) is 3. The van der Waals surface area contributed by atoms with Crippen LogP contribution in [-0.4, -0.2) is 60.0 Å². The summed E-state index contributed by atoms with van der Waals surface area (Å²) < 4.78 is 7.57. The van der Waals surface area contributed by atoms with Gasteiger partial charge in [-0.2, -0.15) is 0 Å². The van der Waals surface area contributed by atoms with Crippen molar-refractivity contribution in [2.45, 2.75) is 32.9 Å². The predicted octanol–water partition coefficient (Wildman–Crippen LogP) is 4.62. The number of methoxy groups -OCH3 is 1. The van der Waals surface area contributed by atoms with Gasteiger partial charge in [0.05, 0.1) is 7.11 Å². The van der Waals surface area contributed by atoms with Crippen molar-refractivity contribution in [2.75, 3.05) is 39.8 Å². The zero-order valence-electron chi connectivity index (χ0n) is 18.9. The number of piperazine rings is 1. The Labute approximate surface area is 185 Å². The van der Waals surface area contributed by atoms with Crippen LogP contribution >= 0.6 is 0 Å². The second-order valence-electron chi connectivity index (χ2n) is 8.49. The number of carbonyl (C=O) groups excluding carboxylic acids is 1. The van der Waals surface area contributed by atoms with Gasteiger partial charge in [-0.15, -0.1) is 0 Å². The van der Waals surface area contributed by atoms with E-state index in [0.29, 0.717) is 6.04 Å². The van der Waals surface area contributed by atoms with Crippen molar-refractivity contribution >= 4 is 16.7 Å². The zero-order chi connectivity index (χ0) is 21.8. The molecule has 1 fully saturated rings. The molecule has 1 aromatic heterocycles. The first-order valence-corrected chi connectivity index (χ1v) is 11.3. The van der Waals surface area contributed by atoms with Crippen molar-refractivity contribution in [3.05, 3.63) is 65.9 Å². The summed E-state index contributed by atoms with van der Waals surface area (Å²) in [5.74, 6) is 0.885. The first kappa shape index (κ1) is 21.6. The van der Waals surface area contributed by atoms with Gasteiger partial charge in [-0.3, -0.25) is 9.69 Å². The van der Waals surface area contributed by atoms with Crippen molar-refractivity contribution in [3.63, 3.8) is 0 Å². The van der Waals surface area contributed by atoms with E-state index in [1.54, 1.807) is 14.0 Å². The van der Waals surface area contributed by atoms with E-state index in [1.807, 2.05) is 18.3 Å². The van der Waals surface area contributed by atoms with Crippen molar-refractivity contribution in [2.24, 2.45) is 0 Å². The Hall–Kier alpha value is -2.63. The second kappa shape index (κ2) is 9.67. The lowest BCUT2D eigenvalue weighted by atomic mass is 10.1. The van der Waals surface area contributed by atoms with Gasteiger partial charge in [-0.05, 0) is 50.6 Å². The minimum atomic E-state index is 0.0978. The maximum Gasteiger partial charge on any atom is 0.161 e. The molecule has 164 valence electrons. The number of benzene rings is 2. The van der Waals surface area contributed by atoms with Crippen LogP contribution in [0.1, 0.15) is 42.2 Å². The summed E-state index contributed by atoms with van der Waals surface area (Å²) in [4.78, 5) is 17.3. The van der Waals surface area contributed by atoms with Gasteiger partial charge in [0.2, 0.25) is 0 Å². The Bertz CT molecular complexity index is 1020. The molecule has 1 atom stereocenters. The number of ether oxygens (including phenoxy) is 1. The van der Waals surface area contributed by atoms with Crippen molar-refractivity contribution in [1.82, 2.24) is 14.4 Å². The highest BCUT2D eigenvalue weighted by atomic mass is 16.5. The lowest BCUT2D eigenvalue weighted by molar-refractivity contribution is 0.101. The summed E-state index contributed by atoms with van der Waals surface area (Å²) in [6.45, 7) is 10.4. The molecule has 1 unspecified atom stereocenters. The highest BCUT2D eigenvalue weighted by Crippen LogP contribution is 2.27. The van der Waals surface area contributed by atoms with Crippen LogP contribution in [0.3, 0.4) is 0 Å². The molecule has 5 nitrogen and oxygen atoms in total. The number of hydrogen-bond acceptors (Lipinski definition) is 4. The molecule has 31 heavy (non-hydrogen) atoms. The molecule has 4 rings (SSSR count). The van der Waals surface area contributed by atoms with Crippen LogP contribution in [0.4, 0.5) is 0 Å². The minimum absolute atomic E-state index is 0.0978. The molecule has 0 amide bonds. The van der Waals surface area contributed by atoms with Crippen molar-refractivity contribution < 1.29 is 9.53 Å². The number of ketones is 1. The topological polar surface area (TPSA) is 37.7 Å². The summed E-state index contributed by atoms with van der Waals surface area (Å²) >= 11 is 0. The average molecular weight is 420 g/mol. The van der Waals surface area contributed by atoms with Crippen LogP contribution in [-0.2, 0) is 6.54 Å². The van der Waals surface area contributed by atoms with E-state index in [4.69, 9.17) is 4.74 Å². The van der Waals surface area contributed by atoms with E-state index >= 15 is 0 Å². The molecular formula is C26H33N3O2. The molecule has 0 bridgehead atoms. The SMILES string of the molecule is COc1ccc2c(c1)c(C(C)=O)cn2CCCN1CCN(C(C)c2ccccc2)CC1. The fourth-order valence-corrected chi connectivity index (χ4v) is 4.65. The van der Waals surface area contributed by atoms with E-state index in [1.165, 1.54) is 5.56 Å². The van der Waals surface area contributed by atoms with E-state index in [2.05, 4.69) is 57.7 Å². The van der Waals surface area contributed by atoms with Gasteiger partial charge in [0, 0.05) is 61.4 Å². The van der Waals surface area contributed by atoms with Crippen LogP contribution < -0.4 is 4.74 Å². The summed E-state index contributed by atoms with van der Waals surface area (Å²) in [6, 6.07) is 17.2. The lowest BCUT2D eigenvalue weighted by Crippen LogP contribution is -2.47. The third-order valence-electron chi connectivity index (χ3n) is 6.58. The van der Waals surface area contributed by atoms with Crippen LogP contribution in [0.5, 0.6) is 5.75 Å². The van der Waals surface area contributed by atoms with E-state index < -0.39 is 0 Å². The fourth-order valence-electron chi connectivity index (χ4n) is 4.65. The van der Waals surface area contributed by atoms with Gasteiger partial charge in [-0.1, -0.05) is 30.3 Å². The normalized spacial score (nSPS) is 16.5. The van der Waals surface area contributed by atoms with E-state index in [0.717, 1.165) is 67.9 Å². The van der Waals surface area contributed by atoms with Gasteiger partial charge in [0.1, 0.15) is 5.75 Å². The number of aryl methyl sites for hydroxylation is 1. The van der Waals surface area contributed by atoms with Gasteiger partial charge in [0.15, 0.2) is 5.78 Å². The second-order valence-corrected chi connectivity index (χ2v) is 8.49. The standard InChI is InChI=1S/C26H33N3O2/c1-20(22-8-5-4-6-9-22)28-16-14-27(15-17-28)12-7-13-29-19-25(21(2)30)24-18-23(31-3)10-11-26(24)29/h4-6,8-11,18-20H,7,12-17H2,1-3H3. The smallest absolute Gasteiger partial charge is 0.161 e. The van der Waals surface area contributed by atoms with Crippen LogP contribution in [0.15, 0.2) is 54.7 Å². The summed E-state index contributed by atoms with van der Waals surface area (Å²) in [6.07, 6.45) is 3.08. The van der Waals surface area contributed by atoms with Crippen LogP contribution in [0, 0.1) is 0 Å². The van der Waals surface area contributed by atoms with Crippen LogP contribution in [0.2, 0.25) is 0 Å².